The molecule has 30 heavy (non-hydrogen) atoms. The van der Waals surface area contributed by atoms with Crippen molar-refractivity contribution in [2.45, 2.75) is 62.9 Å². The molecule has 1 aliphatic carbocycles. The summed E-state index contributed by atoms with van der Waals surface area (Å²) in [5.74, 6) is 0.0318. The van der Waals surface area contributed by atoms with E-state index in [4.69, 9.17) is 10.7 Å². The first-order valence-electron chi connectivity index (χ1n) is 10.5. The normalized spacial score (nSPS) is 14.8. The first kappa shape index (κ1) is 21.1. The van der Waals surface area contributed by atoms with E-state index in [9.17, 15) is 9.59 Å². The van der Waals surface area contributed by atoms with Crippen LogP contribution in [0.3, 0.4) is 0 Å². The number of amides is 1. The van der Waals surface area contributed by atoms with Crippen LogP contribution in [0.1, 0.15) is 54.4 Å². The second-order valence-corrected chi connectivity index (χ2v) is 10.4. The number of carbonyl (C=O) groups is 1. The van der Waals surface area contributed by atoms with Gasteiger partial charge in [0, 0.05) is 11.4 Å². The van der Waals surface area contributed by atoms with Crippen molar-refractivity contribution in [3.8, 4) is 0 Å². The maximum atomic E-state index is 13.6. The van der Waals surface area contributed by atoms with E-state index < -0.39 is 11.2 Å². The number of aryl methyl sites for hydroxylation is 2. The van der Waals surface area contributed by atoms with Crippen LogP contribution >= 0.6 is 23.1 Å². The minimum atomic E-state index is -0.588. The summed E-state index contributed by atoms with van der Waals surface area (Å²) < 4.78 is 1.77. The number of thioether (sulfide) groups is 1. The number of fused-ring (bicyclic) bond motifs is 3. The third-order valence-corrected chi connectivity index (χ3v) is 8.00. The lowest BCUT2D eigenvalue weighted by Gasteiger charge is -2.18. The zero-order chi connectivity index (χ0) is 21.3. The molecule has 0 aliphatic heterocycles. The lowest BCUT2D eigenvalue weighted by molar-refractivity contribution is -0.117. The van der Waals surface area contributed by atoms with E-state index in [1.165, 1.54) is 28.6 Å². The Kier molecular flexibility index (Phi) is 6.29. The fraction of sp³-hybridized carbons (Fsp3) is 0.435. The number of carbonyl (C=O) groups excluding carboxylic acids is 1. The van der Waals surface area contributed by atoms with Gasteiger partial charge in [0.15, 0.2) is 5.16 Å². The first-order chi connectivity index (χ1) is 14.5. The average Bonchev–Trinajstić information content (AvgIpc) is 3.10. The SMILES string of the molecule is CC(C)CCn1c(SC(C(N)=O)c2ccccc2)nc2sc3c(c2c1=O)CCCC3. The molecule has 5 nitrogen and oxygen atoms in total. The van der Waals surface area contributed by atoms with Crippen LogP contribution in [-0.2, 0) is 24.2 Å². The van der Waals surface area contributed by atoms with Gasteiger partial charge in [-0.15, -0.1) is 11.3 Å². The molecule has 7 heteroatoms. The summed E-state index contributed by atoms with van der Waals surface area (Å²) in [4.78, 5) is 32.9. The Labute approximate surface area is 184 Å². The van der Waals surface area contributed by atoms with Crippen molar-refractivity contribution in [2.24, 2.45) is 11.7 Å². The summed E-state index contributed by atoms with van der Waals surface area (Å²) in [5, 5.41) is 0.785. The fourth-order valence-electron chi connectivity index (χ4n) is 3.92. The Morgan fingerprint density at radius 3 is 2.67 bits per heavy atom. The van der Waals surface area contributed by atoms with Crippen molar-refractivity contribution >= 4 is 39.2 Å². The summed E-state index contributed by atoms with van der Waals surface area (Å²) in [7, 11) is 0. The van der Waals surface area contributed by atoms with Crippen molar-refractivity contribution in [1.29, 1.82) is 0 Å². The van der Waals surface area contributed by atoms with Crippen molar-refractivity contribution in [2.75, 3.05) is 0 Å². The Hall–Kier alpha value is -2.12. The predicted octanol–water partition coefficient (Wildman–Crippen LogP) is 4.70. The molecule has 0 fully saturated rings. The maximum absolute atomic E-state index is 13.6. The molecule has 1 amide bonds. The van der Waals surface area contributed by atoms with E-state index in [1.54, 1.807) is 15.9 Å². The maximum Gasteiger partial charge on any atom is 0.263 e. The van der Waals surface area contributed by atoms with E-state index in [2.05, 4.69) is 13.8 Å². The van der Waals surface area contributed by atoms with Gasteiger partial charge < -0.3 is 5.73 Å². The van der Waals surface area contributed by atoms with Gasteiger partial charge in [-0.2, -0.15) is 0 Å². The highest BCUT2D eigenvalue weighted by Crippen LogP contribution is 2.38. The molecule has 1 atom stereocenters. The monoisotopic (exact) mass is 441 g/mol. The Balaban J connectivity index is 1.83. The molecule has 0 saturated heterocycles. The van der Waals surface area contributed by atoms with Gasteiger partial charge in [0.25, 0.3) is 5.56 Å². The molecule has 1 aromatic carbocycles. The molecule has 1 unspecified atom stereocenters. The molecule has 2 heterocycles. The van der Waals surface area contributed by atoms with Gasteiger partial charge >= 0.3 is 0 Å². The van der Waals surface area contributed by atoms with Crippen LogP contribution in [0.25, 0.3) is 10.2 Å². The molecule has 1 aliphatic rings. The topological polar surface area (TPSA) is 78.0 Å². The number of hydrogen-bond acceptors (Lipinski definition) is 5. The van der Waals surface area contributed by atoms with Gasteiger partial charge in [-0.3, -0.25) is 14.2 Å². The molecule has 0 saturated carbocycles. The van der Waals surface area contributed by atoms with Crippen molar-refractivity contribution in [1.82, 2.24) is 9.55 Å². The van der Waals surface area contributed by atoms with E-state index in [0.717, 1.165) is 41.5 Å². The predicted molar refractivity (Wildman–Crippen MR) is 124 cm³/mol. The van der Waals surface area contributed by atoms with Crippen LogP contribution in [0.4, 0.5) is 0 Å². The zero-order valence-electron chi connectivity index (χ0n) is 17.4. The third kappa shape index (κ3) is 4.18. The van der Waals surface area contributed by atoms with Gasteiger partial charge in [-0.05, 0) is 49.1 Å². The molecular formula is C23H27N3O2S2. The average molecular weight is 442 g/mol. The molecular weight excluding hydrogens is 414 g/mol. The number of nitrogens with two attached hydrogens (primary N) is 1. The van der Waals surface area contributed by atoms with Crippen LogP contribution in [-0.4, -0.2) is 15.5 Å². The standard InChI is InChI=1S/C23H27N3O2S2/c1-14(2)12-13-26-22(28)18-16-10-6-7-11-17(16)29-21(18)25-23(26)30-19(20(24)27)15-8-4-3-5-9-15/h3-5,8-9,14,19H,6-7,10-13H2,1-2H3,(H2,24,27). The lowest BCUT2D eigenvalue weighted by Crippen LogP contribution is -2.26. The van der Waals surface area contributed by atoms with Crippen molar-refractivity contribution < 1.29 is 4.79 Å². The molecule has 2 aromatic heterocycles. The van der Waals surface area contributed by atoms with Gasteiger partial charge in [0.1, 0.15) is 10.1 Å². The highest BCUT2D eigenvalue weighted by atomic mass is 32.2. The molecule has 3 aromatic rings. The Morgan fingerprint density at radius 2 is 1.97 bits per heavy atom. The second kappa shape index (κ2) is 8.94. The van der Waals surface area contributed by atoms with Crippen LogP contribution in [0.2, 0.25) is 0 Å². The summed E-state index contributed by atoms with van der Waals surface area (Å²) in [6, 6.07) is 9.47. The van der Waals surface area contributed by atoms with E-state index in [0.29, 0.717) is 17.6 Å². The van der Waals surface area contributed by atoms with Crippen LogP contribution in [0, 0.1) is 5.92 Å². The van der Waals surface area contributed by atoms with Crippen LogP contribution < -0.4 is 11.3 Å². The number of primary amides is 1. The lowest BCUT2D eigenvalue weighted by atomic mass is 9.97. The Bertz CT molecular complexity index is 1120. The summed E-state index contributed by atoms with van der Waals surface area (Å²) in [6.07, 6.45) is 5.15. The summed E-state index contributed by atoms with van der Waals surface area (Å²) >= 11 is 2.93. The summed E-state index contributed by atoms with van der Waals surface area (Å²) in [5.41, 5.74) is 7.80. The molecule has 0 bridgehead atoms. The molecule has 4 rings (SSSR count). The van der Waals surface area contributed by atoms with Crippen LogP contribution in [0.15, 0.2) is 40.3 Å². The number of rotatable bonds is 7. The van der Waals surface area contributed by atoms with Crippen molar-refractivity contribution in [3.63, 3.8) is 0 Å². The molecule has 158 valence electrons. The van der Waals surface area contributed by atoms with Crippen molar-refractivity contribution in [3.05, 3.63) is 56.7 Å². The number of benzene rings is 1. The number of nitrogens with zero attached hydrogens (tertiary/aromatic N) is 2. The van der Waals surface area contributed by atoms with E-state index >= 15 is 0 Å². The number of thiophene rings is 1. The highest BCUT2D eigenvalue weighted by molar-refractivity contribution is 8.00. The molecule has 0 radical (unpaired) electrons. The number of aromatic nitrogens is 2. The van der Waals surface area contributed by atoms with E-state index in [-0.39, 0.29) is 5.56 Å². The Morgan fingerprint density at radius 1 is 1.23 bits per heavy atom. The van der Waals surface area contributed by atoms with Crippen LogP contribution in [0.5, 0.6) is 0 Å². The highest BCUT2D eigenvalue weighted by Gasteiger charge is 2.26. The van der Waals surface area contributed by atoms with Gasteiger partial charge in [0.2, 0.25) is 5.91 Å². The second-order valence-electron chi connectivity index (χ2n) is 8.24. The zero-order valence-corrected chi connectivity index (χ0v) is 19.0. The van der Waals surface area contributed by atoms with Gasteiger partial charge in [-0.25, -0.2) is 4.98 Å². The molecule has 2 N–H and O–H groups in total. The quantitative estimate of drug-likeness (QED) is 0.426. The van der Waals surface area contributed by atoms with Gasteiger partial charge in [0.05, 0.1) is 5.39 Å². The largest absolute Gasteiger partial charge is 0.368 e. The first-order valence-corrected chi connectivity index (χ1v) is 12.2. The summed E-state index contributed by atoms with van der Waals surface area (Å²) in [6.45, 7) is 4.88. The minimum Gasteiger partial charge on any atom is -0.368 e. The number of hydrogen-bond donors (Lipinski definition) is 1. The minimum absolute atomic E-state index is 0.0267. The molecule has 0 spiro atoms. The fourth-order valence-corrected chi connectivity index (χ4v) is 6.29. The third-order valence-electron chi connectivity index (χ3n) is 5.55. The smallest absolute Gasteiger partial charge is 0.263 e. The van der Waals surface area contributed by atoms with E-state index in [1.807, 2.05) is 30.3 Å². The van der Waals surface area contributed by atoms with Gasteiger partial charge in [-0.1, -0.05) is 55.9 Å².